The van der Waals surface area contributed by atoms with Crippen LogP contribution in [0.2, 0.25) is 0 Å². The molecule has 2 atom stereocenters. The van der Waals surface area contributed by atoms with Crippen LogP contribution in [0.4, 0.5) is 17.1 Å². The number of para-hydroxylation sites is 1. The van der Waals surface area contributed by atoms with Crippen molar-refractivity contribution in [2.45, 2.75) is 43.9 Å². The first-order chi connectivity index (χ1) is 10.2. The number of nitrogens with zero attached hydrogens (tertiary/aromatic N) is 1. The van der Waals surface area contributed by atoms with Crippen LogP contribution in [0.15, 0.2) is 18.2 Å². The summed E-state index contributed by atoms with van der Waals surface area (Å²) in [6, 6.07) is 5.79. The minimum atomic E-state index is -0.290. The van der Waals surface area contributed by atoms with Crippen molar-refractivity contribution in [3.05, 3.63) is 28.3 Å². The zero-order valence-corrected chi connectivity index (χ0v) is 13.4. The molecule has 0 saturated heterocycles. The van der Waals surface area contributed by atoms with Gasteiger partial charge >= 0.3 is 5.69 Å². The molecular formula is C15H23N3O2S. The highest BCUT2D eigenvalue weighted by atomic mass is 32.2. The normalized spacial score (nSPS) is 21.2. The molecule has 1 aromatic rings. The van der Waals surface area contributed by atoms with Crippen molar-refractivity contribution in [3.8, 4) is 0 Å². The van der Waals surface area contributed by atoms with Gasteiger partial charge in [0.2, 0.25) is 0 Å². The van der Waals surface area contributed by atoms with Gasteiger partial charge in [-0.3, -0.25) is 10.1 Å². The Morgan fingerprint density at radius 3 is 2.76 bits per heavy atom. The highest BCUT2D eigenvalue weighted by Gasteiger charge is 2.27. The van der Waals surface area contributed by atoms with E-state index >= 15 is 0 Å². The fourth-order valence-electron chi connectivity index (χ4n) is 2.76. The van der Waals surface area contributed by atoms with Gasteiger partial charge in [0.05, 0.1) is 4.92 Å². The molecule has 1 fully saturated rings. The predicted octanol–water partition coefficient (Wildman–Crippen LogP) is 4.11. The van der Waals surface area contributed by atoms with Crippen LogP contribution in [0, 0.1) is 10.1 Å². The predicted molar refractivity (Wildman–Crippen MR) is 90.4 cm³/mol. The van der Waals surface area contributed by atoms with Crippen molar-refractivity contribution < 1.29 is 4.92 Å². The molecule has 2 N–H and O–H groups in total. The molecule has 6 heteroatoms. The molecule has 0 amide bonds. The van der Waals surface area contributed by atoms with E-state index in [1.165, 1.54) is 6.42 Å². The zero-order chi connectivity index (χ0) is 15.2. The summed E-state index contributed by atoms with van der Waals surface area (Å²) in [4.78, 5) is 11.1. The molecule has 2 rings (SSSR count). The van der Waals surface area contributed by atoms with E-state index < -0.39 is 0 Å². The molecule has 1 aromatic carbocycles. The molecule has 0 bridgehead atoms. The van der Waals surface area contributed by atoms with Crippen LogP contribution in [0.1, 0.15) is 32.6 Å². The Balaban J connectivity index is 2.16. The summed E-state index contributed by atoms with van der Waals surface area (Å²) in [5.41, 5.74) is 1.40. The first-order valence-corrected chi connectivity index (χ1v) is 8.75. The van der Waals surface area contributed by atoms with E-state index in [4.69, 9.17) is 0 Å². The minimum absolute atomic E-state index is 0.165. The fraction of sp³-hybridized carbons (Fsp3) is 0.600. The summed E-state index contributed by atoms with van der Waals surface area (Å²) in [5, 5.41) is 18.6. The van der Waals surface area contributed by atoms with Crippen molar-refractivity contribution in [3.63, 3.8) is 0 Å². The smallest absolute Gasteiger partial charge is 0.315 e. The molecular weight excluding hydrogens is 286 g/mol. The largest absolute Gasteiger partial charge is 0.379 e. The third kappa shape index (κ3) is 4.03. The van der Waals surface area contributed by atoms with Crippen molar-refractivity contribution in [1.29, 1.82) is 0 Å². The summed E-state index contributed by atoms with van der Waals surface area (Å²) < 4.78 is 0. The van der Waals surface area contributed by atoms with Gasteiger partial charge in [0.1, 0.15) is 11.4 Å². The molecule has 0 aromatic heterocycles. The number of hydrogen-bond donors (Lipinski definition) is 2. The monoisotopic (exact) mass is 309 g/mol. The third-order valence-corrected chi connectivity index (χ3v) is 4.96. The van der Waals surface area contributed by atoms with E-state index in [0.29, 0.717) is 22.7 Å². The average molecular weight is 309 g/mol. The van der Waals surface area contributed by atoms with Gasteiger partial charge in [-0.2, -0.15) is 11.8 Å². The van der Waals surface area contributed by atoms with E-state index in [0.717, 1.165) is 25.8 Å². The lowest BCUT2D eigenvalue weighted by Crippen LogP contribution is -2.17. The third-order valence-electron chi connectivity index (χ3n) is 3.86. The second kappa shape index (κ2) is 7.54. The zero-order valence-electron chi connectivity index (χ0n) is 12.6. The number of nitro benzene ring substituents is 1. The van der Waals surface area contributed by atoms with E-state index in [2.05, 4.69) is 16.9 Å². The number of benzene rings is 1. The van der Waals surface area contributed by atoms with Gasteiger partial charge in [0.15, 0.2) is 0 Å². The lowest BCUT2D eigenvalue weighted by molar-refractivity contribution is -0.383. The highest BCUT2D eigenvalue weighted by molar-refractivity contribution is 7.99. The Kier molecular flexibility index (Phi) is 5.73. The fourth-order valence-corrected chi connectivity index (χ4v) is 3.56. The van der Waals surface area contributed by atoms with Gasteiger partial charge in [-0.15, -0.1) is 0 Å². The average Bonchev–Trinajstić information content (AvgIpc) is 2.92. The summed E-state index contributed by atoms with van der Waals surface area (Å²) in [7, 11) is 0. The summed E-state index contributed by atoms with van der Waals surface area (Å²) in [6.45, 7) is 2.78. The van der Waals surface area contributed by atoms with E-state index in [1.54, 1.807) is 6.07 Å². The standard InChI is InChI=1S/C15H23N3O2S/c1-3-9-16-13-5-4-6-14(15(13)18(19)20)17-11-7-8-12(10-11)21-2/h4-6,11-12,16-17H,3,7-10H2,1-2H3. The molecule has 0 aliphatic heterocycles. The van der Waals surface area contributed by atoms with E-state index in [-0.39, 0.29) is 10.6 Å². The first kappa shape index (κ1) is 15.9. The molecule has 1 aliphatic carbocycles. The first-order valence-electron chi connectivity index (χ1n) is 7.46. The van der Waals surface area contributed by atoms with Crippen LogP contribution in [0.3, 0.4) is 0 Å². The molecule has 5 nitrogen and oxygen atoms in total. The lowest BCUT2D eigenvalue weighted by Gasteiger charge is -2.16. The number of nitro groups is 1. The Morgan fingerprint density at radius 1 is 1.38 bits per heavy atom. The highest BCUT2D eigenvalue weighted by Crippen LogP contribution is 2.36. The summed E-state index contributed by atoms with van der Waals surface area (Å²) in [5.74, 6) is 0. The molecule has 0 spiro atoms. The van der Waals surface area contributed by atoms with Gasteiger partial charge in [-0.25, -0.2) is 0 Å². The minimum Gasteiger partial charge on any atom is -0.379 e. The number of hydrogen-bond acceptors (Lipinski definition) is 5. The number of nitrogens with one attached hydrogen (secondary N) is 2. The van der Waals surface area contributed by atoms with Gasteiger partial charge in [0, 0.05) is 17.8 Å². The van der Waals surface area contributed by atoms with Crippen LogP contribution >= 0.6 is 11.8 Å². The SMILES string of the molecule is CCCNc1cccc(NC2CCC(SC)C2)c1[N+](=O)[O-]. The second-order valence-electron chi connectivity index (χ2n) is 5.40. The van der Waals surface area contributed by atoms with Gasteiger partial charge in [-0.05, 0) is 44.1 Å². The number of thioether (sulfide) groups is 1. The Bertz CT molecular complexity index is 496. The molecule has 21 heavy (non-hydrogen) atoms. The van der Waals surface area contributed by atoms with Crippen molar-refractivity contribution in [2.24, 2.45) is 0 Å². The van der Waals surface area contributed by atoms with Gasteiger partial charge in [0.25, 0.3) is 0 Å². The molecule has 2 unspecified atom stereocenters. The van der Waals surface area contributed by atoms with Crippen molar-refractivity contribution >= 4 is 28.8 Å². The van der Waals surface area contributed by atoms with Gasteiger partial charge in [-0.1, -0.05) is 13.0 Å². The van der Waals surface area contributed by atoms with Crippen LogP contribution in [-0.2, 0) is 0 Å². The maximum Gasteiger partial charge on any atom is 0.315 e. The quantitative estimate of drug-likeness (QED) is 0.586. The molecule has 0 heterocycles. The summed E-state index contributed by atoms with van der Waals surface area (Å²) >= 11 is 1.89. The van der Waals surface area contributed by atoms with Crippen molar-refractivity contribution in [2.75, 3.05) is 23.4 Å². The van der Waals surface area contributed by atoms with Crippen LogP contribution in [0.5, 0.6) is 0 Å². The van der Waals surface area contributed by atoms with Gasteiger partial charge < -0.3 is 10.6 Å². The maximum absolute atomic E-state index is 11.4. The molecule has 0 radical (unpaired) electrons. The topological polar surface area (TPSA) is 67.2 Å². The number of rotatable bonds is 7. The maximum atomic E-state index is 11.4. The molecule has 116 valence electrons. The summed E-state index contributed by atoms with van der Waals surface area (Å²) in [6.07, 6.45) is 6.40. The molecule has 1 aliphatic rings. The van der Waals surface area contributed by atoms with E-state index in [9.17, 15) is 10.1 Å². The Labute approximate surface area is 130 Å². The van der Waals surface area contributed by atoms with E-state index in [1.807, 2.05) is 30.8 Å². The Hall–Kier alpha value is -1.43. The van der Waals surface area contributed by atoms with Crippen LogP contribution in [-0.4, -0.2) is 29.0 Å². The molecule has 1 saturated carbocycles. The van der Waals surface area contributed by atoms with Crippen molar-refractivity contribution in [1.82, 2.24) is 0 Å². The van der Waals surface area contributed by atoms with Crippen LogP contribution < -0.4 is 10.6 Å². The second-order valence-corrected chi connectivity index (χ2v) is 6.54. The Morgan fingerprint density at radius 2 is 2.14 bits per heavy atom. The van der Waals surface area contributed by atoms with Crippen LogP contribution in [0.25, 0.3) is 0 Å². The number of anilines is 2. The lowest BCUT2D eigenvalue weighted by atomic mass is 10.2.